The molecule has 7 heteroatoms. The summed E-state index contributed by atoms with van der Waals surface area (Å²) in [6.07, 6.45) is 0. The van der Waals surface area contributed by atoms with Crippen molar-refractivity contribution in [2.24, 2.45) is 5.73 Å². The minimum Gasteiger partial charge on any atom is -0.388 e. The van der Waals surface area contributed by atoms with Crippen molar-refractivity contribution in [3.8, 4) is 11.1 Å². The lowest BCUT2D eigenvalue weighted by molar-refractivity contribution is -0.124. The molecule has 1 heterocycles. The smallest absolute Gasteiger partial charge is 0.318 e. The number of aliphatic hydroxyl groups is 1. The Morgan fingerprint density at radius 2 is 1.57 bits per heavy atom. The number of nitrogens with two attached hydrogens (primary N) is 1. The Bertz CT molecular complexity index is 854. The monoisotopic (exact) mass is 410 g/mol. The number of nitrogens with zero attached hydrogens (tertiary/aromatic N) is 2. The molecule has 1 fully saturated rings. The first kappa shape index (κ1) is 21.8. The molecule has 0 unspecified atom stereocenters. The van der Waals surface area contributed by atoms with Gasteiger partial charge in [0.2, 0.25) is 0 Å². The van der Waals surface area contributed by atoms with Crippen LogP contribution in [0, 0.1) is 0 Å². The summed E-state index contributed by atoms with van der Waals surface area (Å²) in [6.45, 7) is 5.13. The van der Waals surface area contributed by atoms with Gasteiger partial charge in [0.1, 0.15) is 12.6 Å². The first-order valence-corrected chi connectivity index (χ1v) is 10.2. The Morgan fingerprint density at radius 1 is 1.00 bits per heavy atom. The van der Waals surface area contributed by atoms with Crippen LogP contribution in [-0.4, -0.2) is 66.2 Å². The molecule has 0 radical (unpaired) electrons. The van der Waals surface area contributed by atoms with Crippen molar-refractivity contribution in [3.05, 3.63) is 54.6 Å². The van der Waals surface area contributed by atoms with Gasteiger partial charge in [0.25, 0.3) is 0 Å². The summed E-state index contributed by atoms with van der Waals surface area (Å²) in [4.78, 5) is 28.5. The SMILES string of the molecule is CC(C)(N)[C@H](NC(=O)N1CCN(c2ccc(-c3ccccc3)cc2)CC1)C(=O)CO. The Balaban J connectivity index is 1.58. The van der Waals surface area contributed by atoms with E-state index in [4.69, 9.17) is 10.8 Å². The zero-order valence-electron chi connectivity index (χ0n) is 17.5. The summed E-state index contributed by atoms with van der Waals surface area (Å²) in [5, 5.41) is 11.9. The standard InChI is InChI=1S/C23H30N4O3/c1-23(2,24)21(20(29)16-28)25-22(30)27-14-12-26(13-15-27)19-10-8-18(9-11-19)17-6-4-3-5-7-17/h3-11,21,28H,12-16,24H2,1-2H3,(H,25,30)/t21-/m1/s1. The van der Waals surface area contributed by atoms with Crippen LogP contribution >= 0.6 is 0 Å². The zero-order chi connectivity index (χ0) is 21.7. The number of urea groups is 1. The summed E-state index contributed by atoms with van der Waals surface area (Å²) in [7, 11) is 0. The molecule has 1 aliphatic heterocycles. The van der Waals surface area contributed by atoms with Gasteiger partial charge in [-0.25, -0.2) is 4.79 Å². The van der Waals surface area contributed by atoms with Crippen LogP contribution < -0.4 is 16.0 Å². The minimum atomic E-state index is -0.961. The molecule has 4 N–H and O–H groups in total. The number of hydrogen-bond donors (Lipinski definition) is 3. The lowest BCUT2D eigenvalue weighted by Gasteiger charge is -2.38. The molecule has 0 aromatic heterocycles. The van der Waals surface area contributed by atoms with Crippen LogP contribution in [0.15, 0.2) is 54.6 Å². The fraction of sp³-hybridized carbons (Fsp3) is 0.391. The number of Topliss-reactive ketones (excluding diaryl/α,β-unsaturated/α-hetero) is 1. The molecule has 0 bridgehead atoms. The average molecular weight is 411 g/mol. The highest BCUT2D eigenvalue weighted by Crippen LogP contribution is 2.24. The van der Waals surface area contributed by atoms with E-state index in [0.29, 0.717) is 26.2 Å². The molecule has 1 atom stereocenters. The van der Waals surface area contributed by atoms with E-state index in [1.165, 1.54) is 11.1 Å². The zero-order valence-corrected chi connectivity index (χ0v) is 17.5. The van der Waals surface area contributed by atoms with Crippen molar-refractivity contribution >= 4 is 17.5 Å². The van der Waals surface area contributed by atoms with Crippen molar-refractivity contribution in [1.82, 2.24) is 10.2 Å². The second-order valence-electron chi connectivity index (χ2n) is 8.22. The Kier molecular flexibility index (Phi) is 6.74. The molecule has 2 amide bonds. The number of carbonyl (C=O) groups excluding carboxylic acids is 2. The Morgan fingerprint density at radius 3 is 2.10 bits per heavy atom. The minimum absolute atomic E-state index is 0.334. The Labute approximate surface area is 177 Å². The first-order valence-electron chi connectivity index (χ1n) is 10.2. The van der Waals surface area contributed by atoms with E-state index >= 15 is 0 Å². The van der Waals surface area contributed by atoms with Crippen LogP contribution in [0.5, 0.6) is 0 Å². The van der Waals surface area contributed by atoms with Crippen molar-refractivity contribution in [3.63, 3.8) is 0 Å². The van der Waals surface area contributed by atoms with Crippen molar-refractivity contribution < 1.29 is 14.7 Å². The predicted molar refractivity (Wildman–Crippen MR) is 118 cm³/mol. The summed E-state index contributed by atoms with van der Waals surface area (Å²) in [6, 6.07) is 17.4. The average Bonchev–Trinajstić information content (AvgIpc) is 2.77. The number of piperazine rings is 1. The van der Waals surface area contributed by atoms with Gasteiger partial charge in [-0.1, -0.05) is 42.5 Å². The summed E-state index contributed by atoms with van der Waals surface area (Å²) in [5.41, 5.74) is 8.52. The van der Waals surface area contributed by atoms with E-state index in [1.807, 2.05) is 18.2 Å². The number of rotatable bonds is 6. The molecular weight excluding hydrogens is 380 g/mol. The summed E-state index contributed by atoms with van der Waals surface area (Å²) in [5.74, 6) is -0.493. The number of aliphatic hydroxyl groups excluding tert-OH is 1. The number of benzene rings is 2. The second-order valence-corrected chi connectivity index (χ2v) is 8.22. The molecule has 2 aromatic carbocycles. The van der Waals surface area contributed by atoms with Gasteiger partial charge in [0, 0.05) is 37.4 Å². The number of carbonyl (C=O) groups is 2. The number of amides is 2. The third-order valence-corrected chi connectivity index (χ3v) is 5.40. The highest BCUT2D eigenvalue weighted by molar-refractivity contribution is 5.90. The maximum atomic E-state index is 12.6. The lowest BCUT2D eigenvalue weighted by Crippen LogP contribution is -2.62. The third kappa shape index (κ3) is 5.17. The van der Waals surface area contributed by atoms with E-state index in [-0.39, 0.29) is 6.03 Å². The van der Waals surface area contributed by atoms with Gasteiger partial charge in [-0.3, -0.25) is 4.79 Å². The van der Waals surface area contributed by atoms with Crippen LogP contribution in [0.25, 0.3) is 11.1 Å². The number of ketones is 1. The lowest BCUT2D eigenvalue weighted by atomic mass is 9.92. The van der Waals surface area contributed by atoms with E-state index in [2.05, 4.69) is 46.6 Å². The molecule has 2 aromatic rings. The fourth-order valence-corrected chi connectivity index (χ4v) is 3.65. The van der Waals surface area contributed by atoms with Crippen LogP contribution in [0.3, 0.4) is 0 Å². The first-order chi connectivity index (χ1) is 14.3. The second kappa shape index (κ2) is 9.28. The largest absolute Gasteiger partial charge is 0.388 e. The number of nitrogens with one attached hydrogen (secondary N) is 1. The molecule has 1 saturated heterocycles. The highest BCUT2D eigenvalue weighted by atomic mass is 16.3. The molecule has 30 heavy (non-hydrogen) atoms. The van der Waals surface area contributed by atoms with Gasteiger partial charge in [0.15, 0.2) is 5.78 Å². The summed E-state index contributed by atoms with van der Waals surface area (Å²) < 4.78 is 0. The van der Waals surface area contributed by atoms with Gasteiger partial charge in [0.05, 0.1) is 0 Å². The number of hydrogen-bond acceptors (Lipinski definition) is 5. The molecule has 0 spiro atoms. The third-order valence-electron chi connectivity index (χ3n) is 5.40. The van der Waals surface area contributed by atoms with Crippen LogP contribution in [0.4, 0.5) is 10.5 Å². The van der Waals surface area contributed by atoms with Crippen molar-refractivity contribution in [1.29, 1.82) is 0 Å². The molecule has 160 valence electrons. The quantitative estimate of drug-likeness (QED) is 0.675. The van der Waals surface area contributed by atoms with Crippen molar-refractivity contribution in [2.45, 2.75) is 25.4 Å². The topological polar surface area (TPSA) is 98.9 Å². The van der Waals surface area contributed by atoms with Crippen LogP contribution in [0.1, 0.15) is 13.8 Å². The highest BCUT2D eigenvalue weighted by Gasteiger charge is 2.34. The van der Waals surface area contributed by atoms with E-state index in [1.54, 1.807) is 18.7 Å². The molecule has 0 saturated carbocycles. The van der Waals surface area contributed by atoms with Crippen LogP contribution in [0.2, 0.25) is 0 Å². The molecule has 1 aliphatic rings. The van der Waals surface area contributed by atoms with E-state index < -0.39 is 24.0 Å². The molecule has 7 nitrogen and oxygen atoms in total. The number of anilines is 1. The normalized spacial score (nSPS) is 15.6. The fourth-order valence-electron chi connectivity index (χ4n) is 3.65. The van der Waals surface area contributed by atoms with Gasteiger partial charge < -0.3 is 26.0 Å². The predicted octanol–water partition coefficient (Wildman–Crippen LogP) is 1.85. The molecule has 3 rings (SSSR count). The molecular formula is C23H30N4O3. The maximum Gasteiger partial charge on any atom is 0.318 e. The van der Waals surface area contributed by atoms with Gasteiger partial charge in [-0.2, -0.15) is 0 Å². The van der Waals surface area contributed by atoms with E-state index in [9.17, 15) is 9.59 Å². The maximum absolute atomic E-state index is 12.6. The van der Waals surface area contributed by atoms with Crippen LogP contribution in [-0.2, 0) is 4.79 Å². The van der Waals surface area contributed by atoms with Gasteiger partial charge >= 0.3 is 6.03 Å². The van der Waals surface area contributed by atoms with Crippen molar-refractivity contribution in [2.75, 3.05) is 37.7 Å². The van der Waals surface area contributed by atoms with Gasteiger partial charge in [-0.15, -0.1) is 0 Å². The Hall–Kier alpha value is -2.90. The summed E-state index contributed by atoms with van der Waals surface area (Å²) >= 11 is 0. The molecule has 0 aliphatic carbocycles. The van der Waals surface area contributed by atoms with E-state index in [0.717, 1.165) is 5.69 Å². The van der Waals surface area contributed by atoms with Gasteiger partial charge in [-0.05, 0) is 37.1 Å².